The summed E-state index contributed by atoms with van der Waals surface area (Å²) in [7, 11) is 1.88. The lowest BCUT2D eigenvalue weighted by molar-refractivity contribution is 0.234. The number of aromatic nitrogens is 2. The molecule has 2 atom stereocenters. The van der Waals surface area contributed by atoms with E-state index in [2.05, 4.69) is 27.9 Å². The molecule has 1 heterocycles. The van der Waals surface area contributed by atoms with Crippen molar-refractivity contribution in [3.63, 3.8) is 0 Å². The van der Waals surface area contributed by atoms with Gasteiger partial charge in [-0.05, 0) is 31.4 Å². The third kappa shape index (κ3) is 4.97. The number of nitrogens with one attached hydrogen (secondary N) is 2. The minimum atomic E-state index is -0.185. The first-order valence-electron chi connectivity index (χ1n) is 9.19. The van der Waals surface area contributed by atoms with Gasteiger partial charge in [0.2, 0.25) is 0 Å². The quantitative estimate of drug-likeness (QED) is 0.694. The smallest absolute Gasteiger partial charge is 0.315 e. The lowest BCUT2D eigenvalue weighted by Crippen LogP contribution is -2.40. The van der Waals surface area contributed by atoms with Gasteiger partial charge >= 0.3 is 6.03 Å². The lowest BCUT2D eigenvalue weighted by Gasteiger charge is -2.22. The average Bonchev–Trinajstić information content (AvgIpc) is 3.01. The molecule has 5 nitrogen and oxygen atoms in total. The van der Waals surface area contributed by atoms with E-state index in [1.54, 1.807) is 4.68 Å². The van der Waals surface area contributed by atoms with Gasteiger partial charge < -0.3 is 10.6 Å². The van der Waals surface area contributed by atoms with Crippen molar-refractivity contribution in [1.82, 2.24) is 20.4 Å². The zero-order valence-electron chi connectivity index (χ0n) is 16.0. The molecule has 0 aliphatic rings. The summed E-state index contributed by atoms with van der Waals surface area (Å²) in [5, 5.41) is 10.5. The molecule has 0 bridgehead atoms. The van der Waals surface area contributed by atoms with Gasteiger partial charge in [-0.15, -0.1) is 0 Å². The second-order valence-corrected chi connectivity index (χ2v) is 6.84. The third-order valence-electron chi connectivity index (χ3n) is 4.66. The summed E-state index contributed by atoms with van der Waals surface area (Å²) >= 11 is 0. The maximum atomic E-state index is 12.7. The maximum absolute atomic E-state index is 12.7. The fourth-order valence-electron chi connectivity index (χ4n) is 3.30. The van der Waals surface area contributed by atoms with Crippen molar-refractivity contribution in [2.75, 3.05) is 0 Å². The normalized spacial score (nSPS) is 13.0. The summed E-state index contributed by atoms with van der Waals surface area (Å²) in [5.74, 6) is 0. The molecule has 1 aromatic heterocycles. The molecule has 27 heavy (non-hydrogen) atoms. The van der Waals surface area contributed by atoms with Crippen LogP contribution in [0.1, 0.15) is 41.4 Å². The first kappa shape index (κ1) is 18.7. The van der Waals surface area contributed by atoms with Crippen molar-refractivity contribution in [2.24, 2.45) is 7.05 Å². The zero-order valence-corrected chi connectivity index (χ0v) is 16.0. The minimum Gasteiger partial charge on any atom is -0.332 e. The van der Waals surface area contributed by atoms with Crippen LogP contribution in [0.3, 0.4) is 0 Å². The van der Waals surface area contributed by atoms with Crippen LogP contribution in [0.2, 0.25) is 0 Å². The Morgan fingerprint density at radius 1 is 1.04 bits per heavy atom. The average molecular weight is 362 g/mol. The number of nitrogens with zero attached hydrogens (tertiary/aromatic N) is 2. The monoisotopic (exact) mass is 362 g/mol. The van der Waals surface area contributed by atoms with Gasteiger partial charge in [0, 0.05) is 18.8 Å². The molecule has 0 saturated carbocycles. The van der Waals surface area contributed by atoms with Crippen molar-refractivity contribution < 1.29 is 4.79 Å². The number of hydrogen-bond donors (Lipinski definition) is 2. The van der Waals surface area contributed by atoms with E-state index in [4.69, 9.17) is 0 Å². The first-order valence-corrected chi connectivity index (χ1v) is 9.19. The summed E-state index contributed by atoms with van der Waals surface area (Å²) in [6, 6.07) is 19.9. The van der Waals surface area contributed by atoms with Crippen LogP contribution in [0.15, 0.2) is 66.9 Å². The van der Waals surface area contributed by atoms with Crippen LogP contribution in [0, 0.1) is 6.92 Å². The van der Waals surface area contributed by atoms with E-state index in [9.17, 15) is 4.79 Å². The van der Waals surface area contributed by atoms with Gasteiger partial charge in [-0.2, -0.15) is 5.10 Å². The molecule has 0 aliphatic carbocycles. The number of benzene rings is 2. The van der Waals surface area contributed by atoms with Crippen LogP contribution in [-0.2, 0) is 13.5 Å². The molecular weight excluding hydrogens is 336 g/mol. The fourth-order valence-corrected chi connectivity index (χ4v) is 3.30. The van der Waals surface area contributed by atoms with Gasteiger partial charge in [0.1, 0.15) is 0 Å². The van der Waals surface area contributed by atoms with Crippen LogP contribution in [0.4, 0.5) is 4.79 Å². The number of aryl methyl sites for hydroxylation is 2. The Bertz CT molecular complexity index is 874. The molecule has 140 valence electrons. The Morgan fingerprint density at radius 3 is 2.26 bits per heavy atom. The molecule has 0 aliphatic heterocycles. The van der Waals surface area contributed by atoms with Crippen LogP contribution >= 0.6 is 0 Å². The Morgan fingerprint density at radius 2 is 1.67 bits per heavy atom. The van der Waals surface area contributed by atoms with Crippen molar-refractivity contribution >= 4 is 6.03 Å². The summed E-state index contributed by atoms with van der Waals surface area (Å²) in [5.41, 5.74) is 4.21. The summed E-state index contributed by atoms with van der Waals surface area (Å²) < 4.78 is 1.77. The first-order chi connectivity index (χ1) is 13.0. The molecule has 2 N–H and O–H groups in total. The Kier molecular flexibility index (Phi) is 5.91. The van der Waals surface area contributed by atoms with Crippen molar-refractivity contribution in [1.29, 1.82) is 0 Å². The van der Waals surface area contributed by atoms with E-state index in [1.807, 2.05) is 75.6 Å². The summed E-state index contributed by atoms with van der Waals surface area (Å²) in [6.45, 7) is 3.92. The third-order valence-corrected chi connectivity index (χ3v) is 4.66. The Balaban J connectivity index is 1.71. The van der Waals surface area contributed by atoms with E-state index >= 15 is 0 Å². The van der Waals surface area contributed by atoms with E-state index in [0.717, 1.165) is 23.2 Å². The maximum Gasteiger partial charge on any atom is 0.315 e. The van der Waals surface area contributed by atoms with E-state index in [1.165, 1.54) is 5.56 Å². The van der Waals surface area contributed by atoms with Crippen molar-refractivity contribution in [3.05, 3.63) is 89.2 Å². The SMILES string of the molecule is Cc1nn(C)cc1C(C)NC(=O)NC(Cc1ccccc1)c1ccccc1. The molecule has 2 unspecified atom stereocenters. The summed E-state index contributed by atoms with van der Waals surface area (Å²) in [4.78, 5) is 12.7. The number of urea groups is 1. The summed E-state index contributed by atoms with van der Waals surface area (Å²) in [6.07, 6.45) is 2.68. The molecule has 0 saturated heterocycles. The lowest BCUT2D eigenvalue weighted by atomic mass is 9.99. The molecule has 0 spiro atoms. The molecule has 0 radical (unpaired) electrons. The number of amides is 2. The van der Waals surface area contributed by atoms with Crippen LogP contribution < -0.4 is 10.6 Å². The predicted octanol–water partition coefficient (Wildman–Crippen LogP) is 4.07. The van der Waals surface area contributed by atoms with Crippen LogP contribution in [0.5, 0.6) is 0 Å². The molecular formula is C22H26N4O. The molecule has 3 rings (SSSR count). The fraction of sp³-hybridized carbons (Fsp3) is 0.273. The number of rotatable bonds is 6. The zero-order chi connectivity index (χ0) is 19.2. The highest BCUT2D eigenvalue weighted by atomic mass is 16.2. The topological polar surface area (TPSA) is 59.0 Å². The van der Waals surface area contributed by atoms with Crippen molar-refractivity contribution in [2.45, 2.75) is 32.4 Å². The minimum absolute atomic E-state index is 0.101. The molecule has 0 fully saturated rings. The van der Waals surface area contributed by atoms with Crippen molar-refractivity contribution in [3.8, 4) is 0 Å². The Labute approximate surface area is 160 Å². The number of carbonyl (C=O) groups is 1. The van der Waals surface area contributed by atoms with E-state index < -0.39 is 0 Å². The van der Waals surface area contributed by atoms with Gasteiger partial charge in [0.05, 0.1) is 17.8 Å². The van der Waals surface area contributed by atoms with Crippen LogP contribution in [-0.4, -0.2) is 15.8 Å². The number of hydrogen-bond acceptors (Lipinski definition) is 2. The largest absolute Gasteiger partial charge is 0.332 e. The van der Waals surface area contributed by atoms with Gasteiger partial charge in [0.15, 0.2) is 0 Å². The highest BCUT2D eigenvalue weighted by Gasteiger charge is 2.18. The molecule has 2 amide bonds. The highest BCUT2D eigenvalue weighted by molar-refractivity contribution is 5.75. The number of carbonyl (C=O) groups excluding carboxylic acids is 1. The van der Waals surface area contributed by atoms with E-state index in [0.29, 0.717) is 0 Å². The van der Waals surface area contributed by atoms with Gasteiger partial charge in [-0.25, -0.2) is 4.79 Å². The molecule has 5 heteroatoms. The standard InChI is InChI=1S/C22H26N4O/c1-16(20-15-26(3)25-17(20)2)23-22(27)24-21(19-12-8-5-9-13-19)14-18-10-6-4-7-11-18/h4-13,15-16,21H,14H2,1-3H3,(H2,23,24,27). The van der Waals surface area contributed by atoms with Gasteiger partial charge in [-0.1, -0.05) is 60.7 Å². The van der Waals surface area contributed by atoms with E-state index in [-0.39, 0.29) is 18.1 Å². The van der Waals surface area contributed by atoms with Gasteiger partial charge in [0.25, 0.3) is 0 Å². The van der Waals surface area contributed by atoms with Crippen LogP contribution in [0.25, 0.3) is 0 Å². The molecule has 2 aromatic carbocycles. The predicted molar refractivity (Wildman–Crippen MR) is 107 cm³/mol. The highest BCUT2D eigenvalue weighted by Crippen LogP contribution is 2.19. The second kappa shape index (κ2) is 8.54. The molecule has 3 aromatic rings. The van der Waals surface area contributed by atoms with Gasteiger partial charge in [-0.3, -0.25) is 4.68 Å². The Hall–Kier alpha value is -3.08. The second-order valence-electron chi connectivity index (χ2n) is 6.84.